The van der Waals surface area contributed by atoms with Crippen molar-refractivity contribution in [3.8, 4) is 11.5 Å². The fourth-order valence-electron chi connectivity index (χ4n) is 3.07. The Hall–Kier alpha value is -2.10. The SMILES string of the molecule is C=CC[C@@]12O[C@@]1(O)c1ccccc1Oc1ccccc12. The highest BCUT2D eigenvalue weighted by Gasteiger charge is 2.73. The molecule has 4 rings (SSSR count). The molecule has 2 atom stereocenters. The Balaban J connectivity index is 2.01. The van der Waals surface area contributed by atoms with Crippen molar-refractivity contribution in [3.63, 3.8) is 0 Å². The number of fused-ring (bicyclic) bond motifs is 5. The Labute approximate surface area is 117 Å². The lowest BCUT2D eigenvalue weighted by molar-refractivity contribution is 0.0315. The van der Waals surface area contributed by atoms with Crippen LogP contribution in [0.2, 0.25) is 0 Å². The average molecular weight is 266 g/mol. The number of hydrogen-bond acceptors (Lipinski definition) is 3. The molecule has 0 bridgehead atoms. The van der Waals surface area contributed by atoms with Gasteiger partial charge >= 0.3 is 0 Å². The molecule has 0 aromatic heterocycles. The van der Waals surface area contributed by atoms with Crippen LogP contribution < -0.4 is 4.74 Å². The monoisotopic (exact) mass is 266 g/mol. The molecule has 0 spiro atoms. The first-order valence-electron chi connectivity index (χ1n) is 6.61. The maximum atomic E-state index is 11.0. The molecule has 1 fully saturated rings. The summed E-state index contributed by atoms with van der Waals surface area (Å²) in [5.41, 5.74) is 0.731. The highest BCUT2D eigenvalue weighted by Crippen LogP contribution is 2.67. The molecule has 0 unspecified atom stereocenters. The van der Waals surface area contributed by atoms with Crippen LogP contribution in [-0.4, -0.2) is 5.11 Å². The third-order valence-electron chi connectivity index (χ3n) is 4.05. The molecule has 20 heavy (non-hydrogen) atoms. The first-order valence-corrected chi connectivity index (χ1v) is 6.61. The molecule has 2 aliphatic heterocycles. The zero-order valence-electron chi connectivity index (χ0n) is 10.9. The predicted molar refractivity (Wildman–Crippen MR) is 74.4 cm³/mol. The van der Waals surface area contributed by atoms with E-state index in [-0.39, 0.29) is 0 Å². The van der Waals surface area contributed by atoms with Crippen molar-refractivity contribution in [2.24, 2.45) is 0 Å². The molecule has 100 valence electrons. The van der Waals surface area contributed by atoms with Gasteiger partial charge in [-0.1, -0.05) is 36.4 Å². The van der Waals surface area contributed by atoms with E-state index >= 15 is 0 Å². The van der Waals surface area contributed by atoms with E-state index < -0.39 is 11.4 Å². The van der Waals surface area contributed by atoms with E-state index in [0.29, 0.717) is 17.7 Å². The number of aliphatic hydroxyl groups is 1. The molecule has 0 radical (unpaired) electrons. The van der Waals surface area contributed by atoms with Gasteiger partial charge in [0.2, 0.25) is 5.79 Å². The van der Waals surface area contributed by atoms with Gasteiger partial charge in [-0.2, -0.15) is 0 Å². The van der Waals surface area contributed by atoms with Gasteiger partial charge < -0.3 is 14.6 Å². The average Bonchev–Trinajstić information content (AvgIpc) is 3.08. The van der Waals surface area contributed by atoms with Gasteiger partial charge in [-0.15, -0.1) is 6.58 Å². The number of ether oxygens (including phenoxy) is 2. The van der Waals surface area contributed by atoms with Crippen LogP contribution in [0.1, 0.15) is 17.5 Å². The van der Waals surface area contributed by atoms with Crippen molar-refractivity contribution in [2.75, 3.05) is 0 Å². The summed E-state index contributed by atoms with van der Waals surface area (Å²) in [5.74, 6) is 0.00538. The fraction of sp³-hybridized carbons (Fsp3) is 0.176. The van der Waals surface area contributed by atoms with Crippen LogP contribution in [0.3, 0.4) is 0 Å². The largest absolute Gasteiger partial charge is 0.456 e. The van der Waals surface area contributed by atoms with Crippen LogP contribution in [0.4, 0.5) is 0 Å². The first kappa shape index (κ1) is 11.7. The molecule has 3 heteroatoms. The maximum Gasteiger partial charge on any atom is 0.232 e. The van der Waals surface area contributed by atoms with E-state index in [0.717, 1.165) is 11.3 Å². The molecular weight excluding hydrogens is 252 g/mol. The number of para-hydroxylation sites is 2. The molecule has 2 heterocycles. The number of hydrogen-bond donors (Lipinski definition) is 1. The molecule has 1 saturated heterocycles. The number of rotatable bonds is 2. The lowest BCUT2D eigenvalue weighted by Crippen LogP contribution is -2.20. The summed E-state index contributed by atoms with van der Waals surface area (Å²) in [6, 6.07) is 15.1. The Kier molecular flexibility index (Phi) is 2.18. The molecule has 0 saturated carbocycles. The zero-order valence-corrected chi connectivity index (χ0v) is 10.9. The van der Waals surface area contributed by atoms with Gasteiger partial charge in [-0.25, -0.2) is 0 Å². The summed E-state index contributed by atoms with van der Waals surface area (Å²) in [4.78, 5) is 0. The smallest absolute Gasteiger partial charge is 0.232 e. The molecule has 2 aliphatic rings. The highest BCUT2D eigenvalue weighted by molar-refractivity contribution is 5.55. The molecule has 3 nitrogen and oxygen atoms in total. The summed E-state index contributed by atoms with van der Waals surface area (Å²) in [6.07, 6.45) is 2.29. The molecule has 2 aromatic carbocycles. The van der Waals surface area contributed by atoms with E-state index in [1.807, 2.05) is 48.5 Å². The van der Waals surface area contributed by atoms with E-state index in [1.54, 1.807) is 6.08 Å². The van der Waals surface area contributed by atoms with Gasteiger partial charge in [0.1, 0.15) is 11.5 Å². The van der Waals surface area contributed by atoms with Crippen molar-refractivity contribution in [2.45, 2.75) is 17.8 Å². The quantitative estimate of drug-likeness (QED) is 0.668. The van der Waals surface area contributed by atoms with Crippen molar-refractivity contribution >= 4 is 0 Å². The Morgan fingerprint density at radius 3 is 2.30 bits per heavy atom. The fourth-order valence-corrected chi connectivity index (χ4v) is 3.07. The minimum Gasteiger partial charge on any atom is -0.456 e. The third-order valence-corrected chi connectivity index (χ3v) is 4.05. The number of benzene rings is 2. The maximum absolute atomic E-state index is 11.0. The van der Waals surface area contributed by atoms with Crippen molar-refractivity contribution < 1.29 is 14.6 Å². The normalized spacial score (nSPS) is 29.2. The van der Waals surface area contributed by atoms with Gasteiger partial charge in [0.05, 0.1) is 5.56 Å². The van der Waals surface area contributed by atoms with Gasteiger partial charge in [0, 0.05) is 12.0 Å². The van der Waals surface area contributed by atoms with Crippen LogP contribution in [0.15, 0.2) is 61.2 Å². The van der Waals surface area contributed by atoms with Crippen LogP contribution in [0.5, 0.6) is 11.5 Å². The third kappa shape index (κ3) is 1.26. The molecule has 1 N–H and O–H groups in total. The minimum absolute atomic E-state index is 0.526. The van der Waals surface area contributed by atoms with Crippen LogP contribution in [-0.2, 0) is 16.1 Å². The summed E-state index contributed by atoms with van der Waals surface area (Å²) >= 11 is 0. The summed E-state index contributed by atoms with van der Waals surface area (Å²) in [5, 5.41) is 11.0. The van der Waals surface area contributed by atoms with Gasteiger partial charge in [0.15, 0.2) is 5.60 Å². The lowest BCUT2D eigenvalue weighted by atomic mass is 9.86. The summed E-state index contributed by atoms with van der Waals surface area (Å²) < 4.78 is 11.8. The van der Waals surface area contributed by atoms with E-state index in [1.165, 1.54) is 0 Å². The first-order chi connectivity index (χ1) is 9.71. The minimum atomic E-state index is -1.34. The second-order valence-corrected chi connectivity index (χ2v) is 5.16. The Morgan fingerprint density at radius 1 is 1.00 bits per heavy atom. The molecule has 2 aromatic rings. The Bertz CT molecular complexity index is 709. The van der Waals surface area contributed by atoms with E-state index in [9.17, 15) is 5.11 Å². The van der Waals surface area contributed by atoms with Crippen molar-refractivity contribution in [1.82, 2.24) is 0 Å². The molecular formula is C17H14O3. The van der Waals surface area contributed by atoms with Crippen LogP contribution in [0.25, 0.3) is 0 Å². The predicted octanol–water partition coefficient (Wildman–Crippen LogP) is 3.44. The number of epoxide rings is 1. The molecule has 0 amide bonds. The summed E-state index contributed by atoms with van der Waals surface area (Å²) in [6.45, 7) is 3.79. The lowest BCUT2D eigenvalue weighted by Gasteiger charge is -2.13. The van der Waals surface area contributed by atoms with Gasteiger partial charge in [0.25, 0.3) is 0 Å². The summed E-state index contributed by atoms with van der Waals surface area (Å²) in [7, 11) is 0. The second kappa shape index (κ2) is 3.72. The zero-order chi connectivity index (χ0) is 13.8. The highest BCUT2D eigenvalue weighted by atomic mass is 16.8. The van der Waals surface area contributed by atoms with Crippen molar-refractivity contribution in [3.05, 3.63) is 72.3 Å². The van der Waals surface area contributed by atoms with Crippen LogP contribution in [0, 0.1) is 0 Å². The van der Waals surface area contributed by atoms with E-state index in [4.69, 9.17) is 9.47 Å². The van der Waals surface area contributed by atoms with Gasteiger partial charge in [-0.3, -0.25) is 0 Å². The Morgan fingerprint density at radius 2 is 1.60 bits per heavy atom. The van der Waals surface area contributed by atoms with Gasteiger partial charge in [-0.05, 0) is 18.2 Å². The van der Waals surface area contributed by atoms with Crippen molar-refractivity contribution in [1.29, 1.82) is 0 Å². The standard InChI is InChI=1S/C17H14O3/c1-2-11-16-12-7-3-5-9-14(12)19-15-10-6-4-8-13(15)17(16,18)20-16/h2-10,18H,1,11H2/t16-,17-/m0/s1. The topological polar surface area (TPSA) is 42.0 Å². The van der Waals surface area contributed by atoms with Crippen LogP contribution >= 0.6 is 0 Å². The molecule has 0 aliphatic carbocycles. The second-order valence-electron chi connectivity index (χ2n) is 5.16. The van der Waals surface area contributed by atoms with E-state index in [2.05, 4.69) is 6.58 Å².